The van der Waals surface area contributed by atoms with Gasteiger partial charge in [-0.2, -0.15) is 9.57 Å². The van der Waals surface area contributed by atoms with Crippen LogP contribution >= 0.6 is 11.8 Å². The number of imide groups is 1. The second-order valence-corrected chi connectivity index (χ2v) is 9.85. The molecule has 0 saturated carbocycles. The fourth-order valence-corrected chi connectivity index (χ4v) is 4.61. The molecule has 0 bridgehead atoms. The van der Waals surface area contributed by atoms with Crippen molar-refractivity contribution in [3.8, 4) is 6.07 Å². The Labute approximate surface area is 185 Å². The van der Waals surface area contributed by atoms with Gasteiger partial charge < -0.3 is 4.42 Å². The highest BCUT2D eigenvalue weighted by Crippen LogP contribution is 2.32. The van der Waals surface area contributed by atoms with Crippen molar-refractivity contribution in [1.82, 2.24) is 9.21 Å². The van der Waals surface area contributed by atoms with Crippen LogP contribution < -0.4 is 0 Å². The third-order valence-electron chi connectivity index (χ3n) is 4.57. The lowest BCUT2D eigenvalue weighted by Crippen LogP contribution is -2.30. The van der Waals surface area contributed by atoms with Crippen molar-refractivity contribution in [2.75, 3.05) is 19.3 Å². The van der Waals surface area contributed by atoms with E-state index in [0.29, 0.717) is 17.9 Å². The number of nitriles is 1. The molecule has 162 valence electrons. The number of rotatable bonds is 9. The van der Waals surface area contributed by atoms with Crippen molar-refractivity contribution in [2.45, 2.75) is 19.4 Å². The number of hydrogen-bond acceptors (Lipinski definition) is 7. The number of amides is 2. The van der Waals surface area contributed by atoms with Gasteiger partial charge in [-0.05, 0) is 35.9 Å². The monoisotopic (exact) mass is 459 g/mol. The maximum Gasteiger partial charge on any atom is 0.293 e. The van der Waals surface area contributed by atoms with Crippen LogP contribution in [0.15, 0.2) is 51.8 Å². The molecule has 1 fully saturated rings. The van der Waals surface area contributed by atoms with Crippen molar-refractivity contribution in [3.05, 3.63) is 64.5 Å². The van der Waals surface area contributed by atoms with Crippen molar-refractivity contribution in [3.63, 3.8) is 0 Å². The maximum atomic E-state index is 12.6. The third-order valence-corrected chi connectivity index (χ3v) is 6.73. The van der Waals surface area contributed by atoms with Crippen LogP contribution in [0.3, 0.4) is 0 Å². The molecule has 0 N–H and O–H groups in total. The molecule has 0 aliphatic carbocycles. The highest BCUT2D eigenvalue weighted by Gasteiger charge is 2.34. The lowest BCUT2D eigenvalue weighted by atomic mass is 10.1. The highest BCUT2D eigenvalue weighted by atomic mass is 32.2. The second-order valence-electron chi connectivity index (χ2n) is 6.88. The van der Waals surface area contributed by atoms with Gasteiger partial charge in [0.05, 0.1) is 23.8 Å². The predicted molar refractivity (Wildman–Crippen MR) is 117 cm³/mol. The number of hydrogen-bond donors (Lipinski definition) is 0. The first-order valence-electron chi connectivity index (χ1n) is 9.48. The average Bonchev–Trinajstić information content (AvgIpc) is 3.27. The molecular formula is C21H21N3O5S2. The third kappa shape index (κ3) is 6.07. The van der Waals surface area contributed by atoms with Crippen LogP contribution in [-0.2, 0) is 27.8 Å². The first-order valence-corrected chi connectivity index (χ1v) is 12.1. The van der Waals surface area contributed by atoms with Gasteiger partial charge in [0.1, 0.15) is 11.5 Å². The van der Waals surface area contributed by atoms with Crippen molar-refractivity contribution in [2.24, 2.45) is 0 Å². The molecule has 1 aromatic carbocycles. The van der Waals surface area contributed by atoms with Gasteiger partial charge in [0, 0.05) is 25.6 Å². The lowest BCUT2D eigenvalue weighted by Gasteiger charge is -2.16. The molecule has 3 rings (SSSR count). The molecular weight excluding hydrogens is 438 g/mol. The first kappa shape index (κ1) is 22.8. The number of carbonyl (C=O) groups excluding carboxylic acids is 2. The minimum absolute atomic E-state index is 0.0209. The van der Waals surface area contributed by atoms with Crippen LogP contribution in [-0.4, -0.2) is 48.1 Å². The lowest BCUT2D eigenvalue weighted by molar-refractivity contribution is -0.122. The van der Waals surface area contributed by atoms with Gasteiger partial charge in [-0.1, -0.05) is 30.3 Å². The Bertz CT molecular complexity index is 1130. The van der Waals surface area contributed by atoms with E-state index in [2.05, 4.69) is 0 Å². The molecule has 2 aromatic rings. The average molecular weight is 460 g/mol. The van der Waals surface area contributed by atoms with E-state index in [4.69, 9.17) is 9.68 Å². The number of benzene rings is 1. The molecule has 2 heterocycles. The van der Waals surface area contributed by atoms with Crippen LogP contribution in [0.2, 0.25) is 0 Å². The number of nitrogens with zero attached hydrogens (tertiary/aromatic N) is 3. The Kier molecular flexibility index (Phi) is 7.33. The summed E-state index contributed by atoms with van der Waals surface area (Å²) >= 11 is 0.846. The van der Waals surface area contributed by atoms with Gasteiger partial charge in [-0.25, -0.2) is 8.42 Å². The smallest absolute Gasteiger partial charge is 0.293 e. The van der Waals surface area contributed by atoms with Crippen LogP contribution in [0.1, 0.15) is 23.5 Å². The van der Waals surface area contributed by atoms with E-state index in [-0.39, 0.29) is 42.1 Å². The van der Waals surface area contributed by atoms with E-state index < -0.39 is 10.0 Å². The van der Waals surface area contributed by atoms with Gasteiger partial charge in [-0.3, -0.25) is 14.5 Å². The van der Waals surface area contributed by atoms with Gasteiger partial charge in [0.2, 0.25) is 10.0 Å². The molecule has 0 spiro atoms. The molecule has 1 aliphatic heterocycles. The van der Waals surface area contributed by atoms with Gasteiger partial charge in [-0.15, -0.1) is 0 Å². The Morgan fingerprint density at radius 2 is 1.94 bits per heavy atom. The molecule has 0 unspecified atom stereocenters. The fourth-order valence-electron chi connectivity index (χ4n) is 2.98. The summed E-state index contributed by atoms with van der Waals surface area (Å²) in [7, 11) is -3.50. The molecule has 1 aromatic heterocycles. The summed E-state index contributed by atoms with van der Waals surface area (Å²) < 4.78 is 30.5. The van der Waals surface area contributed by atoms with E-state index in [9.17, 15) is 18.0 Å². The summed E-state index contributed by atoms with van der Waals surface area (Å²) in [6.07, 6.45) is 3.19. The SMILES string of the molecule is CS(=O)(=O)N(CCC#N)Cc1ccc(/C=C2\SC(=O)N(CCc3ccccc3)C2=O)o1. The zero-order chi connectivity index (χ0) is 22.4. The fraction of sp³-hybridized carbons (Fsp3) is 0.286. The standard InChI is InChI=1S/C21H21N3O5S2/c1-31(27,28)23(12-5-11-22)15-18-9-8-17(29-18)14-19-20(25)24(21(26)30-19)13-10-16-6-3-2-4-7-16/h2-4,6-9,14H,5,10,12-13,15H2,1H3/b19-14-. The van der Waals surface area contributed by atoms with Crippen molar-refractivity contribution < 1.29 is 22.4 Å². The second kappa shape index (κ2) is 9.96. The number of carbonyl (C=O) groups is 2. The molecule has 8 nitrogen and oxygen atoms in total. The van der Waals surface area contributed by atoms with Crippen LogP contribution in [0.4, 0.5) is 4.79 Å². The van der Waals surface area contributed by atoms with E-state index >= 15 is 0 Å². The van der Waals surface area contributed by atoms with Crippen LogP contribution in [0, 0.1) is 11.3 Å². The van der Waals surface area contributed by atoms with Crippen LogP contribution in [0.5, 0.6) is 0 Å². The molecule has 1 saturated heterocycles. The minimum Gasteiger partial charge on any atom is -0.460 e. The zero-order valence-electron chi connectivity index (χ0n) is 16.9. The summed E-state index contributed by atoms with van der Waals surface area (Å²) in [5, 5.41) is 8.38. The molecule has 0 atom stereocenters. The summed E-state index contributed by atoms with van der Waals surface area (Å²) in [5.41, 5.74) is 1.04. The molecule has 10 heteroatoms. The maximum absolute atomic E-state index is 12.6. The Balaban J connectivity index is 1.67. The molecule has 1 aliphatic rings. The van der Waals surface area contributed by atoms with Crippen LogP contribution in [0.25, 0.3) is 6.08 Å². The van der Waals surface area contributed by atoms with Gasteiger partial charge in [0.25, 0.3) is 11.1 Å². The summed E-state index contributed by atoms with van der Waals surface area (Å²) in [5.74, 6) is 0.339. The zero-order valence-corrected chi connectivity index (χ0v) is 18.5. The van der Waals surface area contributed by atoms with E-state index in [0.717, 1.165) is 27.9 Å². The predicted octanol–water partition coefficient (Wildman–Crippen LogP) is 3.23. The van der Waals surface area contributed by atoms with E-state index in [1.165, 1.54) is 11.0 Å². The van der Waals surface area contributed by atoms with Gasteiger partial charge in [0.15, 0.2) is 0 Å². The minimum atomic E-state index is -3.50. The summed E-state index contributed by atoms with van der Waals surface area (Å²) in [4.78, 5) is 26.4. The molecule has 31 heavy (non-hydrogen) atoms. The number of thioether (sulfide) groups is 1. The Hall–Kier alpha value is -2.87. The first-order chi connectivity index (χ1) is 14.8. The quantitative estimate of drug-likeness (QED) is 0.529. The van der Waals surface area contributed by atoms with Gasteiger partial charge >= 0.3 is 0 Å². The largest absolute Gasteiger partial charge is 0.460 e. The Morgan fingerprint density at radius 3 is 2.61 bits per heavy atom. The van der Waals surface area contributed by atoms with Crippen molar-refractivity contribution in [1.29, 1.82) is 5.26 Å². The Morgan fingerprint density at radius 1 is 1.19 bits per heavy atom. The molecule has 0 radical (unpaired) electrons. The van der Waals surface area contributed by atoms with Crippen molar-refractivity contribution >= 4 is 39.0 Å². The van der Waals surface area contributed by atoms with E-state index in [1.807, 2.05) is 36.4 Å². The number of sulfonamides is 1. The molecule has 2 amide bonds. The summed E-state index contributed by atoms with van der Waals surface area (Å²) in [6.45, 7) is 0.330. The summed E-state index contributed by atoms with van der Waals surface area (Å²) in [6, 6.07) is 14.7. The normalized spacial score (nSPS) is 15.8. The highest BCUT2D eigenvalue weighted by molar-refractivity contribution is 8.18. The number of furan rings is 1. The van der Waals surface area contributed by atoms with E-state index in [1.54, 1.807) is 12.1 Å². The topological polar surface area (TPSA) is 112 Å².